The highest BCUT2D eigenvalue weighted by atomic mass is 32.1. The van der Waals surface area contributed by atoms with Gasteiger partial charge in [-0.25, -0.2) is 4.68 Å². The highest BCUT2D eigenvalue weighted by Gasteiger charge is 2.15. The first-order chi connectivity index (χ1) is 18.5. The van der Waals surface area contributed by atoms with Gasteiger partial charge in [0.25, 0.3) is 5.56 Å². The summed E-state index contributed by atoms with van der Waals surface area (Å²) in [6.07, 6.45) is 4.83. The fourth-order valence-electron chi connectivity index (χ4n) is 4.04. The fourth-order valence-corrected chi connectivity index (χ4v) is 5.59. The predicted molar refractivity (Wildman–Crippen MR) is 153 cm³/mol. The second-order valence-electron chi connectivity index (χ2n) is 9.29. The van der Waals surface area contributed by atoms with Crippen LogP contribution in [0.15, 0.2) is 83.1 Å². The molecule has 0 saturated carbocycles. The average Bonchev–Trinajstić information content (AvgIpc) is 3.72. The van der Waals surface area contributed by atoms with Gasteiger partial charge in [0.15, 0.2) is 5.82 Å². The second kappa shape index (κ2) is 10.4. The van der Waals surface area contributed by atoms with Crippen molar-refractivity contribution in [1.82, 2.24) is 24.4 Å². The molecule has 0 N–H and O–H groups in total. The number of hydrogen-bond donors (Lipinski definition) is 0. The summed E-state index contributed by atoms with van der Waals surface area (Å²) in [7, 11) is 0. The zero-order valence-corrected chi connectivity index (χ0v) is 22.6. The molecule has 4 aromatic heterocycles. The molecule has 38 heavy (non-hydrogen) atoms. The minimum Gasteiger partial charge on any atom is -0.494 e. The van der Waals surface area contributed by atoms with Crippen LogP contribution in [0.25, 0.3) is 38.7 Å². The molecule has 0 unspecified atom stereocenters. The van der Waals surface area contributed by atoms with Gasteiger partial charge in [-0.2, -0.15) is 14.6 Å². The van der Waals surface area contributed by atoms with Crippen LogP contribution in [0.1, 0.15) is 25.8 Å². The summed E-state index contributed by atoms with van der Waals surface area (Å²) < 4.78 is 9.67. The van der Waals surface area contributed by atoms with Crippen LogP contribution in [0.5, 0.6) is 5.75 Å². The second-order valence-corrected chi connectivity index (χ2v) is 11.2. The molecule has 9 heteroatoms. The SMILES string of the molecule is CC(C)CCOc1ccc(-c2nn(-c3ccccc3)cc2C=c2sc3nc(-c4cccs4)nn3c2=O)cc1. The normalized spacial score (nSPS) is 12.1. The molecule has 0 aliphatic carbocycles. The van der Waals surface area contributed by atoms with Crippen LogP contribution in [0, 0.1) is 5.92 Å². The van der Waals surface area contributed by atoms with Crippen LogP contribution in [0.4, 0.5) is 0 Å². The van der Waals surface area contributed by atoms with E-state index in [0.29, 0.717) is 27.8 Å². The third kappa shape index (κ3) is 4.90. The van der Waals surface area contributed by atoms with Crippen LogP contribution in [-0.4, -0.2) is 31.0 Å². The Labute approximate surface area is 227 Å². The Bertz CT molecular complexity index is 1780. The van der Waals surface area contributed by atoms with Crippen molar-refractivity contribution in [2.45, 2.75) is 20.3 Å². The maximum absolute atomic E-state index is 13.2. The number of para-hydroxylation sites is 1. The zero-order chi connectivity index (χ0) is 26.1. The van der Waals surface area contributed by atoms with Gasteiger partial charge >= 0.3 is 0 Å². The van der Waals surface area contributed by atoms with Crippen LogP contribution >= 0.6 is 22.7 Å². The molecular formula is C29H25N5O2S2. The zero-order valence-electron chi connectivity index (χ0n) is 20.9. The molecule has 6 aromatic rings. The van der Waals surface area contributed by atoms with Crippen molar-refractivity contribution in [3.8, 4) is 33.4 Å². The number of nitrogens with zero attached hydrogens (tertiary/aromatic N) is 5. The molecule has 4 heterocycles. The largest absolute Gasteiger partial charge is 0.494 e. The maximum Gasteiger partial charge on any atom is 0.291 e. The number of hydrogen-bond acceptors (Lipinski definition) is 7. The van der Waals surface area contributed by atoms with Gasteiger partial charge in [0, 0.05) is 17.3 Å². The number of rotatable bonds is 8. The third-order valence-electron chi connectivity index (χ3n) is 6.06. The Kier molecular flexibility index (Phi) is 6.61. The Balaban J connectivity index is 1.39. The van der Waals surface area contributed by atoms with E-state index >= 15 is 0 Å². The van der Waals surface area contributed by atoms with Crippen LogP contribution in [-0.2, 0) is 0 Å². The van der Waals surface area contributed by atoms with Gasteiger partial charge in [-0.3, -0.25) is 4.79 Å². The monoisotopic (exact) mass is 539 g/mol. The smallest absolute Gasteiger partial charge is 0.291 e. The predicted octanol–water partition coefficient (Wildman–Crippen LogP) is 5.70. The van der Waals surface area contributed by atoms with Crippen LogP contribution in [0.3, 0.4) is 0 Å². The van der Waals surface area contributed by atoms with Crippen LogP contribution < -0.4 is 14.8 Å². The van der Waals surface area contributed by atoms with Crippen molar-refractivity contribution in [3.63, 3.8) is 0 Å². The lowest BCUT2D eigenvalue weighted by Gasteiger charge is -2.08. The minimum atomic E-state index is -0.187. The van der Waals surface area contributed by atoms with E-state index in [1.165, 1.54) is 15.9 Å². The van der Waals surface area contributed by atoms with E-state index in [-0.39, 0.29) is 5.56 Å². The first-order valence-corrected chi connectivity index (χ1v) is 14.1. The highest BCUT2D eigenvalue weighted by molar-refractivity contribution is 7.15. The van der Waals surface area contributed by atoms with Gasteiger partial charge in [-0.05, 0) is 66.3 Å². The molecule has 0 spiro atoms. The van der Waals surface area contributed by atoms with Gasteiger partial charge in [0.05, 0.1) is 21.7 Å². The van der Waals surface area contributed by atoms with E-state index in [1.54, 1.807) is 11.3 Å². The molecule has 0 aliphatic rings. The first kappa shape index (κ1) is 24.3. The molecule has 190 valence electrons. The molecule has 0 radical (unpaired) electrons. The van der Waals surface area contributed by atoms with Gasteiger partial charge in [0.1, 0.15) is 11.4 Å². The number of thiophene rings is 1. The van der Waals surface area contributed by atoms with Crippen molar-refractivity contribution in [2.24, 2.45) is 5.92 Å². The molecule has 0 bridgehead atoms. The lowest BCUT2D eigenvalue weighted by atomic mass is 10.1. The van der Waals surface area contributed by atoms with Gasteiger partial charge in [0.2, 0.25) is 4.96 Å². The number of aromatic nitrogens is 5. The molecule has 6 rings (SSSR count). The van der Waals surface area contributed by atoms with Crippen molar-refractivity contribution in [2.75, 3.05) is 6.61 Å². The number of fused-ring (bicyclic) bond motifs is 1. The summed E-state index contributed by atoms with van der Waals surface area (Å²) in [6, 6.07) is 21.8. The molecule has 2 aromatic carbocycles. The third-order valence-corrected chi connectivity index (χ3v) is 7.89. The van der Waals surface area contributed by atoms with E-state index in [0.717, 1.165) is 39.6 Å². The molecule has 0 atom stereocenters. The van der Waals surface area contributed by atoms with Crippen molar-refractivity contribution >= 4 is 33.7 Å². The standard InChI is InChI=1S/C29H25N5O2S2/c1-19(2)14-15-36-23-12-10-20(11-13-23)26-21(18-33(31-26)22-7-4-3-5-8-22)17-25-28(35)34-29(38-25)30-27(32-34)24-9-6-16-37-24/h3-13,16-19H,14-15H2,1-2H3. The molecule has 0 saturated heterocycles. The molecule has 7 nitrogen and oxygen atoms in total. The van der Waals surface area contributed by atoms with Crippen molar-refractivity contribution in [1.29, 1.82) is 0 Å². The quantitative estimate of drug-likeness (QED) is 0.248. The van der Waals surface area contributed by atoms with E-state index in [2.05, 4.69) is 23.9 Å². The van der Waals surface area contributed by atoms with Gasteiger partial charge in [-0.1, -0.05) is 49.4 Å². The topological polar surface area (TPSA) is 74.3 Å². The number of thiazole rings is 1. The Morgan fingerprint density at radius 2 is 1.82 bits per heavy atom. The number of ether oxygens (including phenoxy) is 1. The van der Waals surface area contributed by atoms with E-state index in [1.807, 2.05) is 89.1 Å². The lowest BCUT2D eigenvalue weighted by Crippen LogP contribution is -2.23. The van der Waals surface area contributed by atoms with Gasteiger partial charge in [-0.15, -0.1) is 16.4 Å². The van der Waals surface area contributed by atoms with E-state index in [9.17, 15) is 4.79 Å². The van der Waals surface area contributed by atoms with Crippen LogP contribution in [0.2, 0.25) is 0 Å². The van der Waals surface area contributed by atoms with E-state index in [4.69, 9.17) is 9.84 Å². The summed E-state index contributed by atoms with van der Waals surface area (Å²) in [5, 5.41) is 11.3. The first-order valence-electron chi connectivity index (χ1n) is 12.4. The van der Waals surface area contributed by atoms with Crippen molar-refractivity contribution in [3.05, 3.63) is 98.8 Å². The number of benzene rings is 2. The summed E-state index contributed by atoms with van der Waals surface area (Å²) in [6.45, 7) is 5.06. The molecular weight excluding hydrogens is 514 g/mol. The maximum atomic E-state index is 13.2. The Morgan fingerprint density at radius 3 is 2.53 bits per heavy atom. The fraction of sp³-hybridized carbons (Fsp3) is 0.172. The Hall–Kier alpha value is -4.08. The molecule has 0 aliphatic heterocycles. The highest BCUT2D eigenvalue weighted by Crippen LogP contribution is 2.27. The van der Waals surface area contributed by atoms with Gasteiger partial charge < -0.3 is 4.74 Å². The average molecular weight is 540 g/mol. The van der Waals surface area contributed by atoms with E-state index < -0.39 is 0 Å². The van der Waals surface area contributed by atoms with Crippen molar-refractivity contribution < 1.29 is 4.74 Å². The minimum absolute atomic E-state index is 0.187. The summed E-state index contributed by atoms with van der Waals surface area (Å²) in [5.74, 6) is 2.00. The Morgan fingerprint density at radius 1 is 1.00 bits per heavy atom. The molecule has 0 amide bonds. The lowest BCUT2D eigenvalue weighted by molar-refractivity contribution is 0.289. The summed E-state index contributed by atoms with van der Waals surface area (Å²) in [5.41, 5.74) is 3.30. The summed E-state index contributed by atoms with van der Waals surface area (Å²) in [4.78, 5) is 19.3. The molecule has 0 fully saturated rings. The summed E-state index contributed by atoms with van der Waals surface area (Å²) >= 11 is 2.88.